The van der Waals surface area contributed by atoms with E-state index in [1.807, 2.05) is 6.92 Å². The maximum absolute atomic E-state index is 12.9. The van der Waals surface area contributed by atoms with Gasteiger partial charge in [-0.3, -0.25) is 0 Å². The van der Waals surface area contributed by atoms with Gasteiger partial charge in [-0.1, -0.05) is 57.0 Å². The van der Waals surface area contributed by atoms with Crippen LogP contribution in [-0.2, 0) is 22.9 Å². The molecule has 6 heteroatoms. The molecule has 0 aliphatic heterocycles. The lowest BCUT2D eigenvalue weighted by atomic mass is 9.70. The van der Waals surface area contributed by atoms with Crippen LogP contribution in [0.2, 0.25) is 0 Å². The average Bonchev–Trinajstić information content (AvgIpc) is 2.98. The highest BCUT2D eigenvalue weighted by atomic mass is 32.2. The Bertz CT molecular complexity index is 1250. The van der Waals surface area contributed by atoms with Crippen molar-refractivity contribution in [3.8, 4) is 5.75 Å². The Labute approximate surface area is 204 Å². The Morgan fingerprint density at radius 3 is 2.38 bits per heavy atom. The third kappa shape index (κ3) is 4.78. The summed E-state index contributed by atoms with van der Waals surface area (Å²) in [4.78, 5) is 2.74. The van der Waals surface area contributed by atoms with Crippen LogP contribution in [0.25, 0.3) is 0 Å². The molecule has 0 bridgehead atoms. The number of ether oxygens (including phenoxy) is 1. The van der Waals surface area contributed by atoms with E-state index >= 15 is 0 Å². The summed E-state index contributed by atoms with van der Waals surface area (Å²) in [6.45, 7) is 10.9. The monoisotopic (exact) mass is 480 g/mol. The zero-order valence-electron chi connectivity index (χ0n) is 21.2. The summed E-state index contributed by atoms with van der Waals surface area (Å²) in [6.07, 6.45) is 4.38. The van der Waals surface area contributed by atoms with Crippen molar-refractivity contribution in [1.29, 1.82) is 0 Å². The van der Waals surface area contributed by atoms with E-state index < -0.39 is 10.0 Å². The maximum Gasteiger partial charge on any atom is 0.276 e. The van der Waals surface area contributed by atoms with Crippen molar-refractivity contribution in [2.75, 3.05) is 7.11 Å². The van der Waals surface area contributed by atoms with Crippen LogP contribution in [-0.4, -0.2) is 21.2 Å². The maximum atomic E-state index is 12.9. The van der Waals surface area contributed by atoms with Gasteiger partial charge in [0.2, 0.25) is 0 Å². The van der Waals surface area contributed by atoms with E-state index in [2.05, 4.69) is 49.8 Å². The number of methoxy groups -OCH3 is 1. The quantitative estimate of drug-likeness (QED) is 0.528. The van der Waals surface area contributed by atoms with Gasteiger partial charge in [-0.2, -0.15) is 18.4 Å². The number of allylic oxidation sites excluding steroid dienone is 2. The van der Waals surface area contributed by atoms with Gasteiger partial charge in [0.1, 0.15) is 5.75 Å². The summed E-state index contributed by atoms with van der Waals surface area (Å²) in [7, 11) is -1.99. The molecule has 0 saturated carbocycles. The number of nitrogens with one attached hydrogen (secondary N) is 1. The number of rotatable bonds is 5. The zero-order chi connectivity index (χ0) is 24.7. The third-order valence-electron chi connectivity index (χ3n) is 7.33. The highest BCUT2D eigenvalue weighted by molar-refractivity contribution is 7.89. The summed E-state index contributed by atoms with van der Waals surface area (Å²) in [6, 6.07) is 11.3. The van der Waals surface area contributed by atoms with Gasteiger partial charge in [0.05, 0.1) is 17.7 Å². The summed E-state index contributed by atoms with van der Waals surface area (Å²) in [5, 5.41) is 4.50. The Morgan fingerprint density at radius 2 is 1.74 bits per heavy atom. The fourth-order valence-corrected chi connectivity index (χ4v) is 6.01. The fraction of sp³-hybridized carbons (Fsp3) is 0.464. The molecule has 0 spiro atoms. The van der Waals surface area contributed by atoms with Gasteiger partial charge in [0.25, 0.3) is 10.0 Å². The van der Waals surface area contributed by atoms with E-state index in [0.717, 1.165) is 49.1 Å². The number of hydrogen-bond donors (Lipinski definition) is 1. The Morgan fingerprint density at radius 1 is 1.03 bits per heavy atom. The predicted molar refractivity (Wildman–Crippen MR) is 138 cm³/mol. The number of fused-ring (bicyclic) bond motifs is 1. The van der Waals surface area contributed by atoms with Crippen molar-refractivity contribution in [1.82, 2.24) is 4.83 Å². The highest BCUT2D eigenvalue weighted by Gasteiger charge is 2.35. The molecule has 0 radical (unpaired) electrons. The molecule has 0 unspecified atom stereocenters. The molecule has 182 valence electrons. The van der Waals surface area contributed by atoms with Gasteiger partial charge in [-0.25, -0.2) is 0 Å². The molecule has 2 aromatic rings. The Kier molecular flexibility index (Phi) is 6.65. The van der Waals surface area contributed by atoms with E-state index in [1.165, 1.54) is 27.8 Å². The zero-order valence-corrected chi connectivity index (χ0v) is 22.0. The van der Waals surface area contributed by atoms with Crippen LogP contribution >= 0.6 is 0 Å². The van der Waals surface area contributed by atoms with E-state index in [0.29, 0.717) is 5.92 Å². The van der Waals surface area contributed by atoms with Gasteiger partial charge in [-0.05, 0) is 90.8 Å². The molecule has 34 heavy (non-hydrogen) atoms. The lowest BCUT2D eigenvalue weighted by Crippen LogP contribution is -2.29. The van der Waals surface area contributed by atoms with E-state index in [4.69, 9.17) is 4.74 Å². The number of benzene rings is 2. The molecular formula is C28H36N2O3S. The fourth-order valence-electron chi connectivity index (χ4n) is 5.18. The molecule has 2 aliphatic carbocycles. The SMILES string of the molecule is COc1cc2c(cc1C(C)C)CCC1=C(C2)/C(=N/NS(=O)(=O)c2ccc(C)cc2)CCC1(C)C. The van der Waals surface area contributed by atoms with E-state index in [9.17, 15) is 8.42 Å². The normalized spacial score (nSPS) is 19.0. The third-order valence-corrected chi connectivity index (χ3v) is 8.56. The van der Waals surface area contributed by atoms with E-state index in [-0.39, 0.29) is 10.3 Å². The molecule has 1 N–H and O–H groups in total. The largest absolute Gasteiger partial charge is 0.496 e. The summed E-state index contributed by atoms with van der Waals surface area (Å²) in [5.41, 5.74) is 8.35. The molecule has 2 aromatic carbocycles. The highest BCUT2D eigenvalue weighted by Crippen LogP contribution is 2.45. The second kappa shape index (κ2) is 9.21. The predicted octanol–water partition coefficient (Wildman–Crippen LogP) is 6.07. The van der Waals surface area contributed by atoms with Crippen LogP contribution in [0.5, 0.6) is 5.75 Å². The molecule has 0 heterocycles. The molecule has 0 atom stereocenters. The lowest BCUT2D eigenvalue weighted by molar-refractivity contribution is 0.390. The van der Waals surface area contributed by atoms with Crippen LogP contribution in [0.15, 0.2) is 57.5 Å². The summed E-state index contributed by atoms with van der Waals surface area (Å²) < 4.78 is 31.5. The summed E-state index contributed by atoms with van der Waals surface area (Å²) >= 11 is 0. The molecule has 0 saturated heterocycles. The number of sulfonamides is 1. The molecule has 0 aromatic heterocycles. The number of hydrogen-bond acceptors (Lipinski definition) is 4. The molecule has 4 rings (SSSR count). The van der Waals surface area contributed by atoms with Gasteiger partial charge in [0, 0.05) is 0 Å². The van der Waals surface area contributed by atoms with Crippen LogP contribution in [0.4, 0.5) is 0 Å². The van der Waals surface area contributed by atoms with Gasteiger partial charge < -0.3 is 4.74 Å². The topological polar surface area (TPSA) is 67.8 Å². The minimum Gasteiger partial charge on any atom is -0.496 e. The minimum absolute atomic E-state index is 0.0667. The van der Waals surface area contributed by atoms with Crippen LogP contribution in [0.1, 0.15) is 75.1 Å². The van der Waals surface area contributed by atoms with Gasteiger partial charge >= 0.3 is 0 Å². The molecule has 0 amide bonds. The van der Waals surface area contributed by atoms with Crippen molar-refractivity contribution in [3.63, 3.8) is 0 Å². The number of hydrazone groups is 1. The second-order valence-corrected chi connectivity index (χ2v) is 12.2. The van der Waals surface area contributed by atoms with Crippen LogP contribution in [0, 0.1) is 12.3 Å². The molecule has 5 nitrogen and oxygen atoms in total. The van der Waals surface area contributed by atoms with Gasteiger partial charge in [-0.15, -0.1) is 0 Å². The van der Waals surface area contributed by atoms with Crippen molar-refractivity contribution in [3.05, 3.63) is 69.8 Å². The second-order valence-electron chi connectivity index (χ2n) is 10.5. The molecule has 0 fully saturated rings. The first-order valence-electron chi connectivity index (χ1n) is 12.1. The van der Waals surface area contributed by atoms with Crippen molar-refractivity contribution >= 4 is 15.7 Å². The smallest absolute Gasteiger partial charge is 0.276 e. The van der Waals surface area contributed by atoms with Crippen LogP contribution in [0.3, 0.4) is 0 Å². The van der Waals surface area contributed by atoms with Crippen LogP contribution < -0.4 is 9.57 Å². The first kappa shape index (κ1) is 24.5. The molecular weight excluding hydrogens is 444 g/mol. The van der Waals surface area contributed by atoms with Crippen molar-refractivity contribution in [2.24, 2.45) is 10.5 Å². The van der Waals surface area contributed by atoms with Crippen molar-refractivity contribution in [2.45, 2.75) is 77.5 Å². The minimum atomic E-state index is -3.72. The van der Waals surface area contributed by atoms with Gasteiger partial charge in [0.15, 0.2) is 0 Å². The van der Waals surface area contributed by atoms with Crippen molar-refractivity contribution < 1.29 is 13.2 Å². The number of nitrogens with zero attached hydrogens (tertiary/aromatic N) is 1. The average molecular weight is 481 g/mol. The number of aryl methyl sites for hydroxylation is 2. The Hall–Kier alpha value is -2.60. The van der Waals surface area contributed by atoms with E-state index in [1.54, 1.807) is 31.4 Å². The Balaban J connectivity index is 1.72. The first-order chi connectivity index (χ1) is 16.0. The standard InChI is InChI=1S/C28H36N2O3S/c1-18(2)23-15-20-9-12-25-24(16-21(20)17-27(23)33-6)26(13-14-28(25,4)5)29-30-34(31,32)22-10-7-19(3)8-11-22/h7-8,10-11,15,17-18,30H,9,12-14,16H2,1-6H3/b29-26+. The first-order valence-corrected chi connectivity index (χ1v) is 13.6. The molecule has 2 aliphatic rings. The summed E-state index contributed by atoms with van der Waals surface area (Å²) in [5.74, 6) is 1.31. The lowest BCUT2D eigenvalue weighted by Gasteiger charge is -2.35.